The minimum absolute atomic E-state index is 0.0513. The van der Waals surface area contributed by atoms with Gasteiger partial charge in [-0.15, -0.1) is 0 Å². The number of anilines is 3. The van der Waals surface area contributed by atoms with Crippen molar-refractivity contribution in [2.75, 3.05) is 36.9 Å². The van der Waals surface area contributed by atoms with Crippen LogP contribution in [0.3, 0.4) is 0 Å². The third-order valence-electron chi connectivity index (χ3n) is 6.61. The second-order valence-corrected chi connectivity index (χ2v) is 9.11. The summed E-state index contributed by atoms with van der Waals surface area (Å²) < 4.78 is 38.6. The average Bonchev–Trinajstić information content (AvgIpc) is 2.85. The van der Waals surface area contributed by atoms with Crippen LogP contribution in [0.5, 0.6) is 0 Å². The van der Waals surface area contributed by atoms with E-state index in [4.69, 9.17) is 0 Å². The van der Waals surface area contributed by atoms with Gasteiger partial charge >= 0.3 is 6.18 Å². The number of carbonyl (C=O) groups excluding carboxylic acids is 2. The van der Waals surface area contributed by atoms with Crippen molar-refractivity contribution in [3.8, 4) is 0 Å². The number of nitrogens with zero attached hydrogens (tertiary/aromatic N) is 4. The molecule has 2 aliphatic heterocycles. The highest BCUT2D eigenvalue weighted by atomic mass is 19.4. The molecule has 8 nitrogen and oxygen atoms in total. The Balaban J connectivity index is 1.24. The van der Waals surface area contributed by atoms with E-state index in [2.05, 4.69) is 20.6 Å². The molecule has 4 rings (SSSR count). The number of benzene rings is 1. The van der Waals surface area contributed by atoms with Crippen LogP contribution >= 0.6 is 0 Å². The lowest BCUT2D eigenvalue weighted by Gasteiger charge is -2.33. The number of piperidine rings is 2. The third kappa shape index (κ3) is 6.40. The lowest BCUT2D eigenvalue weighted by molar-refractivity contribution is -0.179. The van der Waals surface area contributed by atoms with Gasteiger partial charge in [-0.2, -0.15) is 13.2 Å². The van der Waals surface area contributed by atoms with Crippen LogP contribution in [0.1, 0.15) is 31.2 Å². The first-order valence-electron chi connectivity index (χ1n) is 11.7. The van der Waals surface area contributed by atoms with Crippen LogP contribution < -0.4 is 15.5 Å². The third-order valence-corrected chi connectivity index (χ3v) is 6.61. The summed E-state index contributed by atoms with van der Waals surface area (Å²) in [5, 5.41) is 6.08. The van der Waals surface area contributed by atoms with Crippen LogP contribution in [-0.2, 0) is 16.1 Å². The van der Waals surface area contributed by atoms with Gasteiger partial charge in [-0.05, 0) is 37.0 Å². The number of hydrogen-bond donors (Lipinski definition) is 2. The van der Waals surface area contributed by atoms with Gasteiger partial charge < -0.3 is 20.4 Å². The van der Waals surface area contributed by atoms with E-state index in [0.717, 1.165) is 11.3 Å². The number of hydrogen-bond acceptors (Lipinski definition) is 6. The van der Waals surface area contributed by atoms with Gasteiger partial charge in [0.25, 0.3) is 0 Å². The molecule has 1 aromatic carbocycles. The van der Waals surface area contributed by atoms with Crippen molar-refractivity contribution in [2.45, 2.75) is 38.4 Å². The van der Waals surface area contributed by atoms with Crippen molar-refractivity contribution < 1.29 is 22.8 Å². The van der Waals surface area contributed by atoms with Crippen LogP contribution in [-0.4, -0.2) is 59.5 Å². The summed E-state index contributed by atoms with van der Waals surface area (Å²) in [6.45, 7) is 1.45. The van der Waals surface area contributed by atoms with Crippen molar-refractivity contribution in [3.63, 3.8) is 0 Å². The maximum absolute atomic E-state index is 12.9. The molecule has 0 bridgehead atoms. The van der Waals surface area contributed by atoms with Crippen molar-refractivity contribution in [2.24, 2.45) is 11.8 Å². The fraction of sp³-hybridized carbons (Fsp3) is 0.500. The molecule has 0 radical (unpaired) electrons. The van der Waals surface area contributed by atoms with Crippen molar-refractivity contribution in [1.82, 2.24) is 20.2 Å². The molecule has 35 heavy (non-hydrogen) atoms. The minimum atomic E-state index is -4.14. The van der Waals surface area contributed by atoms with Gasteiger partial charge in [-0.1, -0.05) is 12.1 Å². The summed E-state index contributed by atoms with van der Waals surface area (Å²) in [7, 11) is 1.71. The highest BCUT2D eigenvalue weighted by Crippen LogP contribution is 2.35. The van der Waals surface area contributed by atoms with Gasteiger partial charge in [-0.25, -0.2) is 9.97 Å². The zero-order valence-electron chi connectivity index (χ0n) is 19.5. The first kappa shape index (κ1) is 24.7. The molecule has 2 aliphatic rings. The Morgan fingerprint density at radius 3 is 2.40 bits per heavy atom. The monoisotopic (exact) mass is 490 g/mol. The molecule has 1 aromatic heterocycles. The SMILES string of the molecule is CN1CC(C(=O)NCc2ccc(Nc3cnc(N4CCC(C(F)(F)F)CC4)cn3)cc2)CCC1=O. The van der Waals surface area contributed by atoms with Crippen molar-refractivity contribution in [1.29, 1.82) is 0 Å². The molecule has 0 saturated carbocycles. The number of likely N-dealkylation sites (tertiary alicyclic amines) is 1. The van der Waals surface area contributed by atoms with E-state index in [1.165, 1.54) is 0 Å². The Hall–Kier alpha value is -3.37. The van der Waals surface area contributed by atoms with Crippen LogP contribution in [0, 0.1) is 11.8 Å². The predicted molar refractivity (Wildman–Crippen MR) is 125 cm³/mol. The smallest absolute Gasteiger partial charge is 0.355 e. The number of amides is 2. The molecule has 2 saturated heterocycles. The molecule has 3 heterocycles. The van der Waals surface area contributed by atoms with Gasteiger partial charge in [-0.3, -0.25) is 9.59 Å². The predicted octanol–water partition coefficient (Wildman–Crippen LogP) is 3.48. The Morgan fingerprint density at radius 1 is 1.09 bits per heavy atom. The highest BCUT2D eigenvalue weighted by molar-refractivity contribution is 5.83. The normalized spacial score (nSPS) is 19.5. The van der Waals surface area contributed by atoms with Gasteiger partial charge in [0.2, 0.25) is 11.8 Å². The number of halogens is 3. The largest absolute Gasteiger partial charge is 0.391 e. The van der Waals surface area contributed by atoms with E-state index in [0.29, 0.717) is 50.7 Å². The lowest BCUT2D eigenvalue weighted by atomic mass is 9.96. The molecule has 11 heteroatoms. The summed E-state index contributed by atoms with van der Waals surface area (Å²) in [4.78, 5) is 36.1. The Labute approximate surface area is 201 Å². The van der Waals surface area contributed by atoms with Gasteiger partial charge in [0.05, 0.1) is 24.2 Å². The molecule has 2 aromatic rings. The van der Waals surface area contributed by atoms with E-state index in [1.807, 2.05) is 29.2 Å². The Kier molecular flexibility index (Phi) is 7.42. The summed E-state index contributed by atoms with van der Waals surface area (Å²) >= 11 is 0. The molecule has 0 spiro atoms. The molecule has 1 atom stereocenters. The summed E-state index contributed by atoms with van der Waals surface area (Å²) in [6, 6.07) is 7.52. The molecular formula is C24H29F3N6O2. The average molecular weight is 491 g/mol. The molecule has 2 amide bonds. The minimum Gasteiger partial charge on any atom is -0.355 e. The zero-order chi connectivity index (χ0) is 25.0. The quantitative estimate of drug-likeness (QED) is 0.645. The van der Waals surface area contributed by atoms with Gasteiger partial charge in [0.15, 0.2) is 0 Å². The second kappa shape index (κ2) is 10.5. The van der Waals surface area contributed by atoms with E-state index in [-0.39, 0.29) is 30.6 Å². The van der Waals surface area contributed by atoms with Crippen LogP contribution in [0.25, 0.3) is 0 Å². The van der Waals surface area contributed by atoms with E-state index in [1.54, 1.807) is 24.3 Å². The summed E-state index contributed by atoms with van der Waals surface area (Å²) in [5.41, 5.74) is 1.73. The summed E-state index contributed by atoms with van der Waals surface area (Å²) in [5.74, 6) is -0.321. The first-order chi connectivity index (χ1) is 16.7. The zero-order valence-corrected chi connectivity index (χ0v) is 19.5. The topological polar surface area (TPSA) is 90.5 Å². The van der Waals surface area contributed by atoms with E-state index >= 15 is 0 Å². The lowest BCUT2D eigenvalue weighted by Crippen LogP contribution is -2.43. The molecule has 2 N–H and O–H groups in total. The fourth-order valence-electron chi connectivity index (χ4n) is 4.40. The molecule has 2 fully saturated rings. The van der Waals surface area contributed by atoms with Crippen molar-refractivity contribution >= 4 is 29.1 Å². The number of carbonyl (C=O) groups is 2. The molecule has 0 aliphatic carbocycles. The van der Waals surface area contributed by atoms with Gasteiger partial charge in [0.1, 0.15) is 11.6 Å². The van der Waals surface area contributed by atoms with Gasteiger partial charge in [0, 0.05) is 45.3 Å². The second-order valence-electron chi connectivity index (χ2n) is 9.11. The standard InChI is InChI=1S/C24H29F3N6O2/c1-32-15-17(4-7-22(32)34)23(35)30-12-16-2-5-19(6-3-16)31-20-13-29-21(14-28-20)33-10-8-18(9-11-33)24(25,26)27/h2-3,5-6,13-14,17-18H,4,7-12,15H2,1H3,(H,28,31)(H,30,35). The number of nitrogens with one attached hydrogen (secondary N) is 2. The first-order valence-corrected chi connectivity index (χ1v) is 11.7. The number of alkyl halides is 3. The maximum Gasteiger partial charge on any atom is 0.391 e. The van der Waals surface area contributed by atoms with Crippen LogP contribution in [0.15, 0.2) is 36.7 Å². The number of aromatic nitrogens is 2. The summed E-state index contributed by atoms with van der Waals surface area (Å²) in [6.07, 6.45) is 0.0893. The fourth-order valence-corrected chi connectivity index (χ4v) is 4.40. The number of rotatable bonds is 6. The molecular weight excluding hydrogens is 461 g/mol. The van der Waals surface area contributed by atoms with E-state index in [9.17, 15) is 22.8 Å². The highest BCUT2D eigenvalue weighted by Gasteiger charge is 2.41. The van der Waals surface area contributed by atoms with Crippen LogP contribution in [0.2, 0.25) is 0 Å². The molecule has 188 valence electrons. The van der Waals surface area contributed by atoms with E-state index < -0.39 is 12.1 Å². The Morgan fingerprint density at radius 2 is 1.80 bits per heavy atom. The maximum atomic E-state index is 12.9. The van der Waals surface area contributed by atoms with Crippen LogP contribution in [0.4, 0.5) is 30.5 Å². The van der Waals surface area contributed by atoms with Crippen molar-refractivity contribution in [3.05, 3.63) is 42.2 Å². The molecule has 1 unspecified atom stereocenters. The Bertz CT molecular complexity index is 1020.